The number of hydrogen-bond acceptors (Lipinski definition) is 6. The topological polar surface area (TPSA) is 115 Å². The highest BCUT2D eigenvalue weighted by Crippen LogP contribution is 2.44. The van der Waals surface area contributed by atoms with Crippen molar-refractivity contribution in [3.05, 3.63) is 82.4 Å². The molecule has 9 nitrogen and oxygen atoms in total. The minimum atomic E-state index is -3.76. The molecule has 3 unspecified atom stereocenters. The molecule has 3 aromatic carbocycles. The number of carboxylic acid groups (broad SMARTS) is 1. The van der Waals surface area contributed by atoms with Gasteiger partial charge in [0.15, 0.2) is 0 Å². The van der Waals surface area contributed by atoms with E-state index in [1.165, 1.54) is 61.2 Å². The molecule has 2 saturated carbocycles. The van der Waals surface area contributed by atoms with E-state index < -0.39 is 21.9 Å². The van der Waals surface area contributed by atoms with Crippen molar-refractivity contribution in [1.29, 1.82) is 0 Å². The quantitative estimate of drug-likeness (QED) is 0.182. The molecule has 250 valence electrons. The average molecular weight is 659 g/mol. The van der Waals surface area contributed by atoms with E-state index in [1.807, 2.05) is 49.4 Å². The number of carboxylic acids is 1. The van der Waals surface area contributed by atoms with Crippen molar-refractivity contribution in [3.63, 3.8) is 0 Å². The number of aliphatic carboxylic acids is 1. The van der Waals surface area contributed by atoms with Gasteiger partial charge in [0, 0.05) is 26.6 Å². The smallest absolute Gasteiger partial charge is 0.304 e. The number of hydrogen-bond donors (Lipinski definition) is 1. The van der Waals surface area contributed by atoms with Gasteiger partial charge in [-0.3, -0.25) is 4.79 Å². The molecule has 47 heavy (non-hydrogen) atoms. The van der Waals surface area contributed by atoms with Crippen LogP contribution in [0.15, 0.2) is 59.5 Å². The van der Waals surface area contributed by atoms with Gasteiger partial charge in [0.1, 0.15) is 16.8 Å². The van der Waals surface area contributed by atoms with Crippen molar-refractivity contribution < 1.29 is 23.1 Å². The Hall–Kier alpha value is -3.76. The Morgan fingerprint density at radius 2 is 1.72 bits per heavy atom. The van der Waals surface area contributed by atoms with Gasteiger partial charge in [-0.2, -0.15) is 4.31 Å². The minimum Gasteiger partial charge on any atom is -0.494 e. The fourth-order valence-corrected chi connectivity index (χ4v) is 9.17. The first-order valence-corrected chi connectivity index (χ1v) is 18.2. The van der Waals surface area contributed by atoms with Crippen LogP contribution in [0.2, 0.25) is 0 Å². The van der Waals surface area contributed by atoms with Crippen LogP contribution in [0.5, 0.6) is 5.75 Å². The van der Waals surface area contributed by atoms with E-state index in [4.69, 9.17) is 4.74 Å². The summed E-state index contributed by atoms with van der Waals surface area (Å²) >= 11 is 0. The molecule has 3 atom stereocenters. The maximum atomic E-state index is 13.8. The number of rotatable bonds is 11. The zero-order valence-corrected chi connectivity index (χ0v) is 28.7. The SMILES string of the molecule is COc1cc(C(CC(=O)O)c2ccc(C)c(CN(C)S(=O)(=O)c3ccc(C4CCCC(C5CCCC5)C4)cc3)c2)cc2nnn(C)c12. The summed E-state index contributed by atoms with van der Waals surface area (Å²) in [6.07, 6.45) is 10.3. The summed E-state index contributed by atoms with van der Waals surface area (Å²) in [5.41, 5.74) is 5.83. The minimum absolute atomic E-state index is 0.152. The van der Waals surface area contributed by atoms with Crippen LogP contribution in [0.25, 0.3) is 11.0 Å². The summed E-state index contributed by atoms with van der Waals surface area (Å²) in [5.74, 6) is 1.29. The first-order valence-electron chi connectivity index (χ1n) is 16.8. The summed E-state index contributed by atoms with van der Waals surface area (Å²) in [4.78, 5) is 12.3. The lowest BCUT2D eigenvalue weighted by Crippen LogP contribution is -2.27. The van der Waals surface area contributed by atoms with Gasteiger partial charge in [-0.25, -0.2) is 13.1 Å². The first kappa shape index (κ1) is 33.2. The van der Waals surface area contributed by atoms with Gasteiger partial charge < -0.3 is 9.84 Å². The predicted molar refractivity (Wildman–Crippen MR) is 182 cm³/mol. The Morgan fingerprint density at radius 3 is 2.43 bits per heavy atom. The van der Waals surface area contributed by atoms with Crippen LogP contribution >= 0.6 is 0 Å². The summed E-state index contributed by atoms with van der Waals surface area (Å²) in [6.45, 7) is 2.10. The number of fused-ring (bicyclic) bond motifs is 1. The molecule has 2 fully saturated rings. The van der Waals surface area contributed by atoms with Crippen LogP contribution in [-0.4, -0.2) is 53.0 Å². The monoisotopic (exact) mass is 658 g/mol. The normalized spacial score (nSPS) is 19.8. The number of sulfonamides is 1. The highest BCUT2D eigenvalue weighted by atomic mass is 32.2. The van der Waals surface area contributed by atoms with Gasteiger partial charge in [-0.05, 0) is 89.6 Å². The average Bonchev–Trinajstić information content (AvgIpc) is 3.75. The summed E-state index contributed by atoms with van der Waals surface area (Å²) in [5, 5.41) is 18.2. The van der Waals surface area contributed by atoms with Gasteiger partial charge in [-0.15, -0.1) is 5.10 Å². The van der Waals surface area contributed by atoms with Gasteiger partial charge in [0.2, 0.25) is 10.0 Å². The summed E-state index contributed by atoms with van der Waals surface area (Å²) in [7, 11) is 1.19. The number of carbonyl (C=O) groups is 1. The third-order valence-corrected chi connectivity index (χ3v) is 12.5. The van der Waals surface area contributed by atoms with E-state index in [2.05, 4.69) is 10.3 Å². The molecular formula is C37H46N4O5S. The van der Waals surface area contributed by atoms with Crippen molar-refractivity contribution in [3.8, 4) is 5.75 Å². The van der Waals surface area contributed by atoms with Crippen LogP contribution in [0.3, 0.4) is 0 Å². The number of benzene rings is 3. The van der Waals surface area contributed by atoms with E-state index in [0.29, 0.717) is 17.2 Å². The Kier molecular flexibility index (Phi) is 9.71. The Labute approximate surface area is 278 Å². The highest BCUT2D eigenvalue weighted by molar-refractivity contribution is 7.89. The zero-order valence-electron chi connectivity index (χ0n) is 27.9. The summed E-state index contributed by atoms with van der Waals surface area (Å²) in [6, 6.07) is 17.0. The highest BCUT2D eigenvalue weighted by Gasteiger charge is 2.31. The van der Waals surface area contributed by atoms with Crippen LogP contribution in [0, 0.1) is 18.8 Å². The van der Waals surface area contributed by atoms with Crippen molar-refractivity contribution >= 4 is 27.0 Å². The maximum Gasteiger partial charge on any atom is 0.304 e. The fourth-order valence-electron chi connectivity index (χ4n) is 8.02. The molecule has 0 amide bonds. The third-order valence-electron chi connectivity index (χ3n) is 10.7. The number of nitrogens with zero attached hydrogens (tertiary/aromatic N) is 4. The van der Waals surface area contributed by atoms with E-state index in [0.717, 1.165) is 39.6 Å². The third kappa shape index (κ3) is 6.94. The maximum absolute atomic E-state index is 13.8. The number of ether oxygens (including phenoxy) is 1. The lowest BCUT2D eigenvalue weighted by Gasteiger charge is -2.33. The van der Waals surface area contributed by atoms with E-state index >= 15 is 0 Å². The molecule has 10 heteroatoms. The Bertz CT molecular complexity index is 1850. The second-order valence-electron chi connectivity index (χ2n) is 13.6. The molecule has 1 aromatic heterocycles. The Morgan fingerprint density at radius 1 is 1.00 bits per heavy atom. The lowest BCUT2D eigenvalue weighted by molar-refractivity contribution is -0.137. The molecule has 2 aliphatic rings. The largest absolute Gasteiger partial charge is 0.494 e. The van der Waals surface area contributed by atoms with Crippen LogP contribution in [-0.2, 0) is 28.4 Å². The molecule has 4 aromatic rings. The first-order chi connectivity index (χ1) is 22.5. The molecule has 0 spiro atoms. The Balaban J connectivity index is 1.22. The zero-order chi connectivity index (χ0) is 33.3. The van der Waals surface area contributed by atoms with Crippen LogP contribution in [0.1, 0.15) is 97.4 Å². The lowest BCUT2D eigenvalue weighted by atomic mass is 9.72. The molecule has 2 aliphatic carbocycles. The molecular weight excluding hydrogens is 612 g/mol. The number of aromatic nitrogens is 3. The number of methoxy groups -OCH3 is 1. The van der Waals surface area contributed by atoms with Gasteiger partial charge in [0.05, 0.1) is 18.4 Å². The fraction of sp³-hybridized carbons (Fsp3) is 0.486. The second-order valence-corrected chi connectivity index (χ2v) is 15.7. The molecule has 6 rings (SSSR count). The van der Waals surface area contributed by atoms with Crippen molar-refractivity contribution in [1.82, 2.24) is 19.3 Å². The molecule has 1 heterocycles. The van der Waals surface area contributed by atoms with Crippen molar-refractivity contribution in [2.45, 2.75) is 88.0 Å². The van der Waals surface area contributed by atoms with Gasteiger partial charge >= 0.3 is 5.97 Å². The molecule has 0 aliphatic heterocycles. The molecule has 0 bridgehead atoms. The van der Waals surface area contributed by atoms with Gasteiger partial charge in [-0.1, -0.05) is 74.1 Å². The van der Waals surface area contributed by atoms with Crippen molar-refractivity contribution in [2.75, 3.05) is 14.2 Å². The van der Waals surface area contributed by atoms with Crippen LogP contribution < -0.4 is 4.74 Å². The van der Waals surface area contributed by atoms with Gasteiger partial charge in [0.25, 0.3) is 0 Å². The molecule has 0 radical (unpaired) electrons. The van der Waals surface area contributed by atoms with E-state index in [-0.39, 0.29) is 17.9 Å². The number of aryl methyl sites for hydroxylation is 2. The molecule has 1 N–H and O–H groups in total. The standard InChI is InChI=1S/C37H46N4O5S/c1-24-12-13-29(33(22-36(42)43)30-20-34-37(35(21-30)46-4)41(3)39-38-34)19-31(24)23-40(2)47(44,45)32-16-14-26(15-17-32)28-11-7-10-27(18-28)25-8-5-6-9-25/h12-17,19-21,25,27-28,33H,5-11,18,22-23H2,1-4H3,(H,42,43). The molecule has 0 saturated heterocycles. The summed E-state index contributed by atoms with van der Waals surface area (Å²) < 4.78 is 36.2. The van der Waals surface area contributed by atoms with Crippen LogP contribution in [0.4, 0.5) is 0 Å². The van der Waals surface area contributed by atoms with E-state index in [9.17, 15) is 18.3 Å². The van der Waals surface area contributed by atoms with Crippen molar-refractivity contribution in [2.24, 2.45) is 18.9 Å². The van der Waals surface area contributed by atoms with E-state index in [1.54, 1.807) is 38.0 Å². The second kappa shape index (κ2) is 13.8. The predicted octanol–water partition coefficient (Wildman–Crippen LogP) is 7.18.